The summed E-state index contributed by atoms with van der Waals surface area (Å²) in [6, 6.07) is 18.7. The van der Waals surface area contributed by atoms with Crippen LogP contribution in [0.4, 0.5) is 5.82 Å². The van der Waals surface area contributed by atoms with Crippen molar-refractivity contribution in [2.24, 2.45) is 0 Å². The van der Waals surface area contributed by atoms with E-state index in [1.165, 1.54) is 0 Å². The molecule has 31 heavy (non-hydrogen) atoms. The van der Waals surface area contributed by atoms with Crippen LogP contribution in [0.1, 0.15) is 0 Å². The minimum Gasteiger partial charge on any atom is -0.493 e. The van der Waals surface area contributed by atoms with Crippen LogP contribution in [0.25, 0.3) is 22.4 Å². The molecule has 4 rings (SSSR count). The van der Waals surface area contributed by atoms with Crippen molar-refractivity contribution in [3.8, 4) is 28.5 Å². The summed E-state index contributed by atoms with van der Waals surface area (Å²) in [6.07, 6.45) is 1.60. The van der Waals surface area contributed by atoms with Gasteiger partial charge in [0.25, 0.3) is 0 Å². The van der Waals surface area contributed by atoms with Crippen LogP contribution in [0.15, 0.2) is 85.1 Å². The molecule has 1 N–H and O–H groups in total. The summed E-state index contributed by atoms with van der Waals surface area (Å²) in [5.41, 5.74) is 5.49. The lowest BCUT2D eigenvalue weighted by Gasteiger charge is -2.11. The van der Waals surface area contributed by atoms with E-state index in [1.54, 1.807) is 20.4 Å². The monoisotopic (exact) mass is 412 g/mol. The first-order valence-electron chi connectivity index (χ1n) is 9.46. The maximum absolute atomic E-state index is 5.74. The zero-order chi connectivity index (χ0) is 21.6. The van der Waals surface area contributed by atoms with Crippen LogP contribution in [0.5, 0.6) is 17.2 Å². The van der Waals surface area contributed by atoms with Crippen LogP contribution in [-0.4, -0.2) is 29.2 Å². The topological polar surface area (TPSA) is 78.4 Å². The lowest BCUT2D eigenvalue weighted by atomic mass is 10.1. The quantitative estimate of drug-likeness (QED) is 0.344. The Kier molecular flexibility index (Phi) is 5.78. The van der Waals surface area contributed by atoms with Crippen molar-refractivity contribution in [3.63, 3.8) is 0 Å². The second-order valence-corrected chi connectivity index (χ2v) is 6.41. The van der Waals surface area contributed by atoms with E-state index in [0.717, 1.165) is 11.3 Å². The van der Waals surface area contributed by atoms with E-state index in [9.17, 15) is 0 Å². The second-order valence-electron chi connectivity index (χ2n) is 6.41. The molecule has 4 aromatic rings. The Morgan fingerprint density at radius 2 is 1.74 bits per heavy atom. The van der Waals surface area contributed by atoms with Gasteiger partial charge in [-0.15, -0.1) is 0 Å². The summed E-state index contributed by atoms with van der Waals surface area (Å²) in [5.74, 6) is 2.72. The molecule has 0 spiro atoms. The van der Waals surface area contributed by atoms with Crippen LogP contribution >= 0.6 is 0 Å². The number of ether oxygens (including phenoxy) is 3. The lowest BCUT2D eigenvalue weighted by Crippen LogP contribution is -2.07. The molecule has 0 amide bonds. The van der Waals surface area contributed by atoms with E-state index < -0.39 is 0 Å². The van der Waals surface area contributed by atoms with E-state index >= 15 is 0 Å². The molecule has 2 heterocycles. The summed E-state index contributed by atoms with van der Waals surface area (Å²) in [6.45, 7) is 3.66. The molecule has 0 saturated heterocycles. The van der Waals surface area contributed by atoms with Crippen molar-refractivity contribution in [1.29, 1.82) is 0 Å². The number of nitrogens with one attached hydrogen (secondary N) is 1. The lowest BCUT2D eigenvalue weighted by molar-refractivity contribution is 0.355. The van der Waals surface area contributed by atoms with Gasteiger partial charge < -0.3 is 19.5 Å². The number of aromatic nitrogens is 3. The number of nitrogens with zero attached hydrogens (tertiary/aromatic N) is 3. The van der Waals surface area contributed by atoms with Gasteiger partial charge in [-0.2, -0.15) is 0 Å². The van der Waals surface area contributed by atoms with E-state index in [1.807, 2.05) is 60.7 Å². The number of methoxy groups -OCH3 is 2. The fourth-order valence-electron chi connectivity index (χ4n) is 2.94. The maximum Gasteiger partial charge on any atom is 0.243 e. The zero-order valence-electron chi connectivity index (χ0n) is 17.1. The predicted octanol–water partition coefficient (Wildman–Crippen LogP) is 4.83. The SMILES string of the molecule is C=C=C(Nc1cnc2ccc(-c3ccc(OC)c(OC)c3)nc2n1)Oc1ccccc1. The van der Waals surface area contributed by atoms with Gasteiger partial charge in [0.1, 0.15) is 11.3 Å². The highest BCUT2D eigenvalue weighted by atomic mass is 16.5. The highest BCUT2D eigenvalue weighted by molar-refractivity contribution is 5.76. The summed E-state index contributed by atoms with van der Waals surface area (Å²) in [5, 5.41) is 3.03. The number of anilines is 1. The van der Waals surface area contributed by atoms with Crippen molar-refractivity contribution < 1.29 is 14.2 Å². The maximum atomic E-state index is 5.74. The van der Waals surface area contributed by atoms with Gasteiger partial charge in [0.2, 0.25) is 5.88 Å². The summed E-state index contributed by atoms with van der Waals surface area (Å²) >= 11 is 0. The van der Waals surface area contributed by atoms with Gasteiger partial charge in [-0.3, -0.25) is 0 Å². The molecule has 2 aromatic heterocycles. The zero-order valence-corrected chi connectivity index (χ0v) is 17.1. The molecule has 0 aliphatic heterocycles. The Morgan fingerprint density at radius 3 is 2.48 bits per heavy atom. The van der Waals surface area contributed by atoms with Crippen molar-refractivity contribution in [3.05, 3.63) is 85.1 Å². The molecule has 0 radical (unpaired) electrons. The fraction of sp³-hybridized carbons (Fsp3) is 0.0833. The first kappa shape index (κ1) is 19.9. The van der Waals surface area contributed by atoms with Crippen LogP contribution < -0.4 is 19.5 Å². The number of hydrogen-bond donors (Lipinski definition) is 1. The van der Waals surface area contributed by atoms with E-state index in [4.69, 9.17) is 14.2 Å². The third-order valence-corrected chi connectivity index (χ3v) is 4.45. The minimum atomic E-state index is 0.316. The molecule has 0 aliphatic carbocycles. The number of para-hydroxylation sites is 1. The van der Waals surface area contributed by atoms with Crippen molar-refractivity contribution in [1.82, 2.24) is 15.0 Å². The van der Waals surface area contributed by atoms with Crippen molar-refractivity contribution in [2.75, 3.05) is 19.5 Å². The Morgan fingerprint density at radius 1 is 0.935 bits per heavy atom. The first-order chi connectivity index (χ1) is 15.2. The average Bonchev–Trinajstić information content (AvgIpc) is 2.83. The summed E-state index contributed by atoms with van der Waals surface area (Å²) < 4.78 is 16.4. The number of hydrogen-bond acceptors (Lipinski definition) is 7. The van der Waals surface area contributed by atoms with Crippen molar-refractivity contribution >= 4 is 17.0 Å². The van der Waals surface area contributed by atoms with Gasteiger partial charge in [-0.05, 0) is 42.5 Å². The molecule has 0 atom stereocenters. The summed E-state index contributed by atoms with van der Waals surface area (Å²) in [4.78, 5) is 13.6. The number of benzene rings is 2. The molecule has 0 unspecified atom stereocenters. The standard InChI is InChI=1S/C24H20N4O3/c1-4-23(31-17-8-6-5-7-9-17)27-22-15-25-19-12-11-18(26-24(19)28-22)16-10-13-20(29-2)21(14-16)30-3/h5-15H,1H2,2-3H3,(H,26,27,28). The molecule has 154 valence electrons. The van der Waals surface area contributed by atoms with Gasteiger partial charge in [0.15, 0.2) is 23.0 Å². The first-order valence-corrected chi connectivity index (χ1v) is 9.46. The average molecular weight is 412 g/mol. The Hall–Kier alpha value is -4.35. The summed E-state index contributed by atoms with van der Waals surface area (Å²) in [7, 11) is 3.20. The van der Waals surface area contributed by atoms with E-state index in [-0.39, 0.29) is 0 Å². The van der Waals surface area contributed by atoms with Gasteiger partial charge in [-0.25, -0.2) is 15.0 Å². The third-order valence-electron chi connectivity index (χ3n) is 4.45. The molecule has 0 saturated carbocycles. The van der Waals surface area contributed by atoms with Crippen LogP contribution in [0, 0.1) is 0 Å². The minimum absolute atomic E-state index is 0.316. The van der Waals surface area contributed by atoms with Crippen LogP contribution in [-0.2, 0) is 0 Å². The van der Waals surface area contributed by atoms with Gasteiger partial charge in [0.05, 0.1) is 26.1 Å². The van der Waals surface area contributed by atoms with Crippen LogP contribution in [0.3, 0.4) is 0 Å². The molecule has 0 bridgehead atoms. The number of fused-ring (bicyclic) bond motifs is 1. The highest BCUT2D eigenvalue weighted by Gasteiger charge is 2.10. The molecule has 0 aliphatic rings. The van der Waals surface area contributed by atoms with Gasteiger partial charge >= 0.3 is 0 Å². The Labute approximate surface area is 179 Å². The molecule has 7 heteroatoms. The smallest absolute Gasteiger partial charge is 0.243 e. The fourth-order valence-corrected chi connectivity index (χ4v) is 2.94. The Bertz CT molecular complexity index is 1270. The van der Waals surface area contributed by atoms with Crippen LogP contribution in [0.2, 0.25) is 0 Å². The second kappa shape index (κ2) is 8.98. The van der Waals surface area contributed by atoms with Gasteiger partial charge in [-0.1, -0.05) is 30.5 Å². The largest absolute Gasteiger partial charge is 0.493 e. The highest BCUT2D eigenvalue weighted by Crippen LogP contribution is 2.32. The molecule has 0 fully saturated rings. The Balaban J connectivity index is 1.62. The van der Waals surface area contributed by atoms with E-state index in [0.29, 0.717) is 40.1 Å². The third kappa shape index (κ3) is 4.47. The van der Waals surface area contributed by atoms with E-state index in [2.05, 4.69) is 32.6 Å². The van der Waals surface area contributed by atoms with Crippen molar-refractivity contribution in [2.45, 2.75) is 0 Å². The molecule has 7 nitrogen and oxygen atoms in total. The molecular formula is C24H20N4O3. The molecule has 2 aromatic carbocycles. The van der Waals surface area contributed by atoms with Gasteiger partial charge in [0, 0.05) is 5.56 Å². The normalized spacial score (nSPS) is 10.3. The predicted molar refractivity (Wildman–Crippen MR) is 119 cm³/mol. The molecular weight excluding hydrogens is 392 g/mol. The number of pyridine rings is 1. The number of rotatable bonds is 7.